The van der Waals surface area contributed by atoms with Crippen LogP contribution in [0.3, 0.4) is 0 Å². The van der Waals surface area contributed by atoms with E-state index in [-0.39, 0.29) is 6.42 Å². The van der Waals surface area contributed by atoms with Gasteiger partial charge in [-0.1, -0.05) is 49.7 Å². The van der Waals surface area contributed by atoms with Crippen molar-refractivity contribution in [3.63, 3.8) is 0 Å². The Morgan fingerprint density at radius 3 is 2.69 bits per heavy atom. The number of aliphatic carboxylic acids is 1. The van der Waals surface area contributed by atoms with Crippen molar-refractivity contribution in [1.29, 1.82) is 0 Å². The molecule has 35 heavy (non-hydrogen) atoms. The molecule has 0 atom stereocenters. The van der Waals surface area contributed by atoms with Crippen LogP contribution in [0.4, 0.5) is 0 Å². The second-order valence-corrected chi connectivity index (χ2v) is 8.92. The lowest BCUT2D eigenvalue weighted by Gasteiger charge is -2.12. The Morgan fingerprint density at radius 2 is 1.89 bits per heavy atom. The molecule has 0 bridgehead atoms. The van der Waals surface area contributed by atoms with Gasteiger partial charge in [0.25, 0.3) is 0 Å². The SMILES string of the molecule is CCCc1c(OCCCc2cc3cc(CC(=O)O)ccc3[nH]2)ccc2c(-c3ccccc3)coc12. The minimum atomic E-state index is -0.816. The molecule has 2 heterocycles. The molecule has 3 aromatic carbocycles. The second-order valence-electron chi connectivity index (χ2n) is 8.92. The lowest BCUT2D eigenvalue weighted by atomic mass is 10.0. The van der Waals surface area contributed by atoms with Crippen molar-refractivity contribution in [2.75, 3.05) is 6.61 Å². The number of aryl methyl sites for hydroxylation is 2. The Balaban J connectivity index is 1.27. The molecule has 0 saturated heterocycles. The summed E-state index contributed by atoms with van der Waals surface area (Å²) in [5.74, 6) is 0.0759. The molecule has 5 rings (SSSR count). The largest absolute Gasteiger partial charge is 0.493 e. The number of nitrogens with one attached hydrogen (secondary N) is 1. The number of carboxylic acid groups (broad SMARTS) is 1. The fourth-order valence-electron chi connectivity index (χ4n) is 4.71. The van der Waals surface area contributed by atoms with E-state index >= 15 is 0 Å². The summed E-state index contributed by atoms with van der Waals surface area (Å²) < 4.78 is 12.3. The Labute approximate surface area is 204 Å². The van der Waals surface area contributed by atoms with Gasteiger partial charge in [0.2, 0.25) is 0 Å². The first-order valence-corrected chi connectivity index (χ1v) is 12.2. The Morgan fingerprint density at radius 1 is 1.03 bits per heavy atom. The van der Waals surface area contributed by atoms with Crippen LogP contribution in [0.5, 0.6) is 5.75 Å². The van der Waals surface area contributed by atoms with Gasteiger partial charge < -0.3 is 19.2 Å². The highest BCUT2D eigenvalue weighted by molar-refractivity contribution is 5.96. The van der Waals surface area contributed by atoms with E-state index in [0.717, 1.165) is 81.3 Å². The molecular formula is C30H29NO4. The van der Waals surface area contributed by atoms with Crippen molar-refractivity contribution in [2.24, 2.45) is 0 Å². The summed E-state index contributed by atoms with van der Waals surface area (Å²) in [4.78, 5) is 14.4. The third kappa shape index (κ3) is 4.94. The van der Waals surface area contributed by atoms with E-state index in [1.807, 2.05) is 42.7 Å². The topological polar surface area (TPSA) is 75.5 Å². The van der Waals surface area contributed by atoms with E-state index in [4.69, 9.17) is 14.3 Å². The predicted octanol–water partition coefficient (Wildman–Crippen LogP) is 7.17. The summed E-state index contributed by atoms with van der Waals surface area (Å²) >= 11 is 0. The fourth-order valence-corrected chi connectivity index (χ4v) is 4.71. The number of rotatable bonds is 10. The molecule has 0 saturated carbocycles. The molecule has 2 N–H and O–H groups in total. The summed E-state index contributed by atoms with van der Waals surface area (Å²) in [6.07, 6.45) is 5.52. The normalized spacial score (nSPS) is 11.3. The van der Waals surface area contributed by atoms with Gasteiger partial charge in [0.15, 0.2) is 0 Å². The number of hydrogen-bond acceptors (Lipinski definition) is 3. The van der Waals surface area contributed by atoms with E-state index in [9.17, 15) is 4.79 Å². The predicted molar refractivity (Wildman–Crippen MR) is 139 cm³/mol. The molecule has 0 aliphatic carbocycles. The molecule has 5 heteroatoms. The van der Waals surface area contributed by atoms with Crippen molar-refractivity contribution in [3.05, 3.63) is 89.8 Å². The molecule has 5 aromatic rings. The van der Waals surface area contributed by atoms with Crippen LogP contribution in [-0.2, 0) is 24.1 Å². The highest BCUT2D eigenvalue weighted by atomic mass is 16.5. The molecular weight excluding hydrogens is 438 g/mol. The molecule has 178 valence electrons. The van der Waals surface area contributed by atoms with Gasteiger partial charge >= 0.3 is 5.97 Å². The number of hydrogen-bond donors (Lipinski definition) is 2. The number of ether oxygens (including phenoxy) is 1. The van der Waals surface area contributed by atoms with Gasteiger partial charge in [0.1, 0.15) is 11.3 Å². The monoisotopic (exact) mass is 467 g/mol. The number of fused-ring (bicyclic) bond motifs is 2. The van der Waals surface area contributed by atoms with E-state index in [0.29, 0.717) is 6.61 Å². The average molecular weight is 468 g/mol. The zero-order valence-corrected chi connectivity index (χ0v) is 19.8. The van der Waals surface area contributed by atoms with Gasteiger partial charge in [0, 0.05) is 27.7 Å². The maximum absolute atomic E-state index is 11.0. The third-order valence-electron chi connectivity index (χ3n) is 6.33. The molecule has 0 fully saturated rings. The standard InChI is InChI=1S/C30H29NO4/c1-2-7-25-28(14-12-24-26(19-35-30(24)25)21-8-4-3-5-9-21)34-15-6-10-23-18-22-16-20(17-29(32)33)11-13-27(22)31-23/h3-5,8-9,11-14,16,18-19,31H,2,6-7,10,15,17H2,1H3,(H,32,33). The molecule has 0 spiro atoms. The summed E-state index contributed by atoms with van der Waals surface area (Å²) in [7, 11) is 0. The first-order valence-electron chi connectivity index (χ1n) is 12.2. The number of carboxylic acids is 1. The van der Waals surface area contributed by atoms with Gasteiger partial charge in [-0.3, -0.25) is 4.79 Å². The average Bonchev–Trinajstić information content (AvgIpc) is 3.47. The maximum Gasteiger partial charge on any atom is 0.307 e. The van der Waals surface area contributed by atoms with Crippen LogP contribution in [0, 0.1) is 0 Å². The van der Waals surface area contributed by atoms with E-state index in [1.165, 1.54) is 0 Å². The van der Waals surface area contributed by atoms with Gasteiger partial charge in [-0.05, 0) is 66.1 Å². The number of H-pyrrole nitrogens is 1. The molecule has 0 aliphatic heterocycles. The summed E-state index contributed by atoms with van der Waals surface area (Å²) in [6, 6.07) is 22.3. The number of furan rings is 1. The van der Waals surface area contributed by atoms with Crippen LogP contribution >= 0.6 is 0 Å². The smallest absolute Gasteiger partial charge is 0.307 e. The van der Waals surface area contributed by atoms with Crippen LogP contribution in [0.1, 0.15) is 36.6 Å². The Bertz CT molecular complexity index is 1460. The minimum Gasteiger partial charge on any atom is -0.493 e. The van der Waals surface area contributed by atoms with Crippen molar-refractivity contribution < 1.29 is 19.1 Å². The number of benzene rings is 3. The summed E-state index contributed by atoms with van der Waals surface area (Å²) in [5.41, 5.74) is 7.26. The highest BCUT2D eigenvalue weighted by Crippen LogP contribution is 2.37. The van der Waals surface area contributed by atoms with E-state index < -0.39 is 5.97 Å². The molecule has 2 aromatic heterocycles. The van der Waals surface area contributed by atoms with Crippen molar-refractivity contribution in [3.8, 4) is 16.9 Å². The van der Waals surface area contributed by atoms with Crippen molar-refractivity contribution >= 4 is 27.8 Å². The van der Waals surface area contributed by atoms with E-state index in [2.05, 4.69) is 42.2 Å². The summed E-state index contributed by atoms with van der Waals surface area (Å²) in [5, 5.41) is 11.2. The van der Waals surface area contributed by atoms with Crippen LogP contribution in [0.25, 0.3) is 33.0 Å². The zero-order valence-electron chi connectivity index (χ0n) is 19.8. The quantitative estimate of drug-likeness (QED) is 0.213. The second kappa shape index (κ2) is 10.1. The van der Waals surface area contributed by atoms with Crippen LogP contribution in [0.2, 0.25) is 0 Å². The Kier molecular flexibility index (Phi) is 6.57. The first-order chi connectivity index (χ1) is 17.1. The van der Waals surface area contributed by atoms with Crippen LogP contribution < -0.4 is 4.74 Å². The van der Waals surface area contributed by atoms with Gasteiger partial charge in [-0.15, -0.1) is 0 Å². The molecule has 0 amide bonds. The van der Waals surface area contributed by atoms with Gasteiger partial charge in [-0.25, -0.2) is 0 Å². The first kappa shape index (κ1) is 22.8. The van der Waals surface area contributed by atoms with Crippen LogP contribution in [-0.4, -0.2) is 22.7 Å². The lowest BCUT2D eigenvalue weighted by Crippen LogP contribution is -2.02. The molecule has 0 unspecified atom stereocenters. The van der Waals surface area contributed by atoms with Gasteiger partial charge in [-0.2, -0.15) is 0 Å². The molecule has 5 nitrogen and oxygen atoms in total. The maximum atomic E-state index is 11.0. The number of aromatic amines is 1. The fraction of sp³-hybridized carbons (Fsp3) is 0.233. The van der Waals surface area contributed by atoms with E-state index in [1.54, 1.807) is 0 Å². The number of carbonyl (C=O) groups is 1. The molecule has 0 aliphatic rings. The van der Waals surface area contributed by atoms with Gasteiger partial charge in [0.05, 0.1) is 19.3 Å². The highest BCUT2D eigenvalue weighted by Gasteiger charge is 2.16. The third-order valence-corrected chi connectivity index (χ3v) is 6.33. The number of aromatic nitrogens is 1. The zero-order chi connectivity index (χ0) is 24.2. The van der Waals surface area contributed by atoms with Crippen molar-refractivity contribution in [1.82, 2.24) is 4.98 Å². The Hall–Kier alpha value is -3.99. The summed E-state index contributed by atoms with van der Waals surface area (Å²) in [6.45, 7) is 2.77. The van der Waals surface area contributed by atoms with Crippen LogP contribution in [0.15, 0.2) is 77.4 Å². The lowest BCUT2D eigenvalue weighted by molar-refractivity contribution is -0.136. The molecule has 0 radical (unpaired) electrons. The van der Waals surface area contributed by atoms with Crippen molar-refractivity contribution in [2.45, 2.75) is 39.0 Å². The minimum absolute atomic E-state index is 0.0389.